The average Bonchev–Trinajstić information content (AvgIpc) is 3.78. The van der Waals surface area contributed by atoms with Gasteiger partial charge in [-0.25, -0.2) is 18.1 Å². The highest BCUT2D eigenvalue weighted by Crippen LogP contribution is 2.53. The number of benzene rings is 3. The molecule has 0 unspecified atom stereocenters. The zero-order chi connectivity index (χ0) is 48.1. The van der Waals surface area contributed by atoms with Crippen LogP contribution in [0.15, 0.2) is 90.1 Å². The first-order chi connectivity index (χ1) is 33.1. The number of aliphatic hydroxyl groups is 1. The van der Waals surface area contributed by atoms with Gasteiger partial charge in [0.05, 0.1) is 46.4 Å². The van der Waals surface area contributed by atoms with Gasteiger partial charge in [-0.3, -0.25) is 24.7 Å². The number of nitrogens with one attached hydrogen (secondary N) is 3. The molecule has 5 aliphatic rings. The molecule has 5 aromatic rings. The summed E-state index contributed by atoms with van der Waals surface area (Å²) >= 11 is 0. The highest BCUT2D eigenvalue weighted by molar-refractivity contribution is 7.90. The number of piperazine rings is 1. The number of carbonyl (C=O) groups is 1. The van der Waals surface area contributed by atoms with Crippen molar-refractivity contribution in [3.63, 3.8) is 0 Å². The fourth-order valence-corrected chi connectivity index (χ4v) is 12.5. The fourth-order valence-electron chi connectivity index (χ4n) is 11.5. The average molecular weight is 961 g/mol. The van der Waals surface area contributed by atoms with Crippen molar-refractivity contribution < 1.29 is 32.7 Å². The number of hydrogen-bond donors (Lipinski definition) is 4. The van der Waals surface area contributed by atoms with Crippen LogP contribution in [0, 0.1) is 21.4 Å². The van der Waals surface area contributed by atoms with E-state index in [1.165, 1.54) is 23.3 Å². The van der Waals surface area contributed by atoms with Gasteiger partial charge in [0.1, 0.15) is 22.8 Å². The lowest BCUT2D eigenvalue weighted by atomic mass is 9.59. The first kappa shape index (κ1) is 47.1. The molecular weight excluding hydrogens is 897 g/mol. The lowest BCUT2D eigenvalue weighted by Gasteiger charge is -2.59. The maximum Gasteiger partial charge on any atom is 0.293 e. The molecule has 4 N–H and O–H groups in total. The molecule has 69 heavy (non-hydrogen) atoms. The summed E-state index contributed by atoms with van der Waals surface area (Å²) in [4.78, 5) is 40.5. The lowest BCUT2D eigenvalue weighted by molar-refractivity contribution is -0.384. The van der Waals surface area contributed by atoms with Crippen molar-refractivity contribution in [1.29, 1.82) is 0 Å². The molecule has 1 atom stereocenters. The number of nitrogens with zero attached hydrogens (tertiary/aromatic N) is 5. The van der Waals surface area contributed by atoms with E-state index >= 15 is 0 Å². The number of piperidine rings is 1. The number of carbonyl (C=O) groups excluding carboxylic acids is 1. The molecule has 1 amide bonds. The van der Waals surface area contributed by atoms with Crippen LogP contribution >= 0.6 is 0 Å². The summed E-state index contributed by atoms with van der Waals surface area (Å²) in [6.45, 7) is 13.3. The van der Waals surface area contributed by atoms with Gasteiger partial charge in [-0.05, 0) is 123 Å². The van der Waals surface area contributed by atoms with Crippen molar-refractivity contribution in [3.05, 3.63) is 112 Å². The van der Waals surface area contributed by atoms with Crippen LogP contribution in [0.25, 0.3) is 11.0 Å². The van der Waals surface area contributed by atoms with Crippen LogP contribution in [0.3, 0.4) is 0 Å². The van der Waals surface area contributed by atoms with Crippen LogP contribution in [-0.4, -0.2) is 114 Å². The summed E-state index contributed by atoms with van der Waals surface area (Å²) in [5.74, 6) is 0.216. The van der Waals surface area contributed by atoms with Crippen molar-refractivity contribution in [2.45, 2.75) is 107 Å². The van der Waals surface area contributed by atoms with Gasteiger partial charge in [0.15, 0.2) is 0 Å². The number of aromatic amines is 1. The Morgan fingerprint density at radius 1 is 0.986 bits per heavy atom. The molecule has 366 valence electrons. The number of pyridine rings is 1. The SMILES string of the molecule is CC(C)c1ccccc1[C@H]1CN(C2COC2)CCN1C1CC2(CCN(c3ccc(C(=O)NS(=O)(=O)c4ccc(NCC5CCC(C)(O)CC5)c([N+](=O)[O-])c4)c(Oc4cnc5[nH]ccc5c4)c3)CC2)C1. The van der Waals surface area contributed by atoms with E-state index in [-0.39, 0.29) is 28.3 Å². The van der Waals surface area contributed by atoms with Gasteiger partial charge < -0.3 is 29.8 Å². The lowest BCUT2D eigenvalue weighted by Crippen LogP contribution is -2.62. The molecule has 3 saturated heterocycles. The molecule has 5 fully saturated rings. The first-order valence-corrected chi connectivity index (χ1v) is 26.1. The second kappa shape index (κ2) is 19.0. The molecule has 10 rings (SSSR count). The number of amides is 1. The summed E-state index contributed by atoms with van der Waals surface area (Å²) in [5, 5.41) is 26.5. The molecule has 0 bridgehead atoms. The summed E-state index contributed by atoms with van der Waals surface area (Å²) in [5.41, 5.74) is 3.68. The summed E-state index contributed by atoms with van der Waals surface area (Å²) in [6, 6.07) is 22.8. The van der Waals surface area contributed by atoms with E-state index < -0.39 is 37.0 Å². The number of nitro groups is 1. The van der Waals surface area contributed by atoms with Gasteiger partial charge in [0, 0.05) is 80.8 Å². The maximum atomic E-state index is 14.1. The molecule has 16 nitrogen and oxygen atoms in total. The Bertz CT molecular complexity index is 2800. The molecular formula is C52H64N8O8S. The number of fused-ring (bicyclic) bond motifs is 1. The molecule has 1 spiro atoms. The van der Waals surface area contributed by atoms with E-state index in [0.717, 1.165) is 102 Å². The molecule has 5 heterocycles. The van der Waals surface area contributed by atoms with Crippen molar-refractivity contribution >= 4 is 44.0 Å². The second-order valence-corrected chi connectivity index (χ2v) is 22.5. The van der Waals surface area contributed by atoms with Crippen molar-refractivity contribution in [1.82, 2.24) is 24.5 Å². The van der Waals surface area contributed by atoms with Crippen LogP contribution in [0.5, 0.6) is 11.5 Å². The number of sulfonamides is 1. The van der Waals surface area contributed by atoms with Crippen LogP contribution in [0.1, 0.15) is 106 Å². The topological polar surface area (TPSA) is 195 Å². The number of rotatable bonds is 14. The Hall–Kier alpha value is -5.59. The summed E-state index contributed by atoms with van der Waals surface area (Å²) < 4.78 is 41.8. The van der Waals surface area contributed by atoms with E-state index in [4.69, 9.17) is 9.47 Å². The predicted molar refractivity (Wildman–Crippen MR) is 264 cm³/mol. The van der Waals surface area contributed by atoms with Crippen LogP contribution in [0.2, 0.25) is 0 Å². The van der Waals surface area contributed by atoms with E-state index in [1.807, 2.05) is 19.1 Å². The van der Waals surface area contributed by atoms with Gasteiger partial charge >= 0.3 is 0 Å². The number of ether oxygens (including phenoxy) is 2. The van der Waals surface area contributed by atoms with Crippen molar-refractivity contribution in [3.8, 4) is 11.5 Å². The monoisotopic (exact) mass is 960 g/mol. The summed E-state index contributed by atoms with van der Waals surface area (Å²) in [7, 11) is -4.58. The number of hydrogen-bond acceptors (Lipinski definition) is 13. The van der Waals surface area contributed by atoms with Gasteiger partial charge in [-0.2, -0.15) is 0 Å². The highest BCUT2D eigenvalue weighted by Gasteiger charge is 2.50. The maximum absolute atomic E-state index is 14.1. The minimum absolute atomic E-state index is 0.0235. The smallest absolute Gasteiger partial charge is 0.293 e. The van der Waals surface area contributed by atoms with Gasteiger partial charge in [-0.1, -0.05) is 38.1 Å². The number of nitro benzene ring substituents is 1. The van der Waals surface area contributed by atoms with E-state index in [2.05, 4.69) is 72.8 Å². The third kappa shape index (κ3) is 9.93. The number of aromatic nitrogens is 2. The minimum Gasteiger partial charge on any atom is -0.455 e. The Kier molecular flexibility index (Phi) is 12.9. The zero-order valence-electron chi connectivity index (χ0n) is 39.7. The Morgan fingerprint density at radius 2 is 1.75 bits per heavy atom. The standard InChI is InChI=1S/C52H64N8O8S/c1-34(2)42-6-4-5-7-43(42)47-31-58(39-32-67-33-39)22-23-59(47)38-27-52(28-38)17-20-57(21-18-52)37-8-10-44(48(25-37)68-40-24-36-14-19-53-49(36)55-30-40)50(61)56-69(65,66)41-9-11-45(46(26-41)60(63)64)54-29-35-12-15-51(3,62)16-13-35/h4-11,14,19,24-26,30,34-35,38-39,47,54,62H,12-13,15-18,20-23,27-29,31-33H2,1-3H3,(H,53,55)(H,56,61)/t35?,47-,51?/m1/s1. The van der Waals surface area contributed by atoms with Crippen molar-refractivity contribution in [2.75, 3.05) is 62.7 Å². The number of H-pyrrole nitrogens is 1. The minimum atomic E-state index is -4.58. The van der Waals surface area contributed by atoms with Gasteiger partial charge in [0.2, 0.25) is 0 Å². The molecule has 0 radical (unpaired) electrons. The number of anilines is 2. The molecule has 3 aliphatic heterocycles. The quantitative estimate of drug-likeness (QED) is 0.0613. The van der Waals surface area contributed by atoms with E-state index in [0.29, 0.717) is 54.8 Å². The fraction of sp³-hybridized carbons (Fsp3) is 0.500. The summed E-state index contributed by atoms with van der Waals surface area (Å²) in [6.07, 6.45) is 10.5. The van der Waals surface area contributed by atoms with Crippen LogP contribution in [0.4, 0.5) is 17.1 Å². The Labute approximate surface area is 404 Å². The van der Waals surface area contributed by atoms with E-state index in [1.54, 1.807) is 30.6 Å². The molecule has 2 aliphatic carbocycles. The Balaban J connectivity index is 0.836. The third-order valence-corrected chi connectivity index (χ3v) is 17.2. The van der Waals surface area contributed by atoms with Crippen LogP contribution < -0.4 is 19.7 Å². The Morgan fingerprint density at radius 3 is 2.48 bits per heavy atom. The van der Waals surface area contributed by atoms with Crippen molar-refractivity contribution in [2.24, 2.45) is 11.3 Å². The normalized spacial score (nSPS) is 23.7. The first-order valence-electron chi connectivity index (χ1n) is 24.6. The zero-order valence-corrected chi connectivity index (χ0v) is 40.5. The van der Waals surface area contributed by atoms with Gasteiger partial charge in [0.25, 0.3) is 21.6 Å². The molecule has 3 aromatic carbocycles. The highest BCUT2D eigenvalue weighted by atomic mass is 32.2. The molecule has 2 aromatic heterocycles. The van der Waals surface area contributed by atoms with Gasteiger partial charge in [-0.15, -0.1) is 0 Å². The molecule has 17 heteroatoms. The molecule has 2 saturated carbocycles. The van der Waals surface area contributed by atoms with Crippen LogP contribution in [-0.2, 0) is 14.8 Å². The largest absolute Gasteiger partial charge is 0.455 e. The van der Waals surface area contributed by atoms with E-state index in [9.17, 15) is 28.4 Å². The third-order valence-electron chi connectivity index (χ3n) is 15.8. The second-order valence-electron chi connectivity index (χ2n) is 20.8. The predicted octanol–water partition coefficient (Wildman–Crippen LogP) is 8.37.